The van der Waals surface area contributed by atoms with Gasteiger partial charge in [-0.05, 0) is 36.4 Å². The summed E-state index contributed by atoms with van der Waals surface area (Å²) in [5.41, 5.74) is 0.543. The maximum atomic E-state index is 13.1. The smallest absolute Gasteiger partial charge is 0.272 e. The number of aromatic nitrogens is 4. The minimum absolute atomic E-state index is 0.00447. The lowest BCUT2D eigenvalue weighted by molar-refractivity contribution is -0.294. The van der Waals surface area contributed by atoms with Crippen molar-refractivity contribution >= 4 is 26.7 Å². The molecule has 0 saturated carbocycles. The van der Waals surface area contributed by atoms with Crippen LogP contribution in [0.1, 0.15) is 47.5 Å². The normalized spacial score (nSPS) is 21.7. The molecule has 1 aliphatic rings. The van der Waals surface area contributed by atoms with Crippen molar-refractivity contribution in [3.63, 3.8) is 0 Å². The van der Waals surface area contributed by atoms with E-state index >= 15 is 0 Å². The van der Waals surface area contributed by atoms with Crippen molar-refractivity contribution in [2.24, 2.45) is 0 Å². The Labute approximate surface area is 186 Å². The Bertz CT molecular complexity index is 1020. The van der Waals surface area contributed by atoms with Crippen molar-refractivity contribution in [1.29, 1.82) is 0 Å². The minimum atomic E-state index is -3.87. The number of hydrogen-bond donors (Lipinski definition) is 0. The number of ether oxygens (including phenoxy) is 2. The van der Waals surface area contributed by atoms with Crippen molar-refractivity contribution in [2.75, 3.05) is 5.75 Å². The molecule has 1 aromatic carbocycles. The molecule has 0 amide bonds. The van der Waals surface area contributed by atoms with Crippen LogP contribution in [-0.4, -0.2) is 62.2 Å². The number of carbonyl (C=O) groups is 1. The Hall–Kier alpha value is -1.82. The Balaban J connectivity index is 1.75. The van der Waals surface area contributed by atoms with Gasteiger partial charge in [0.15, 0.2) is 10.9 Å². The Morgan fingerprint density at radius 2 is 1.84 bits per heavy atom. The second kappa shape index (κ2) is 8.97. The SMILES string of the molecule is CC1(C)OC(CC(=O)SC(C)(C)C)C[C@@H](CS(=O)(=O)c2nnnn2-c2ccccc2)O1. The van der Waals surface area contributed by atoms with Crippen LogP contribution in [0.25, 0.3) is 5.69 Å². The molecule has 3 rings (SSSR count). The van der Waals surface area contributed by atoms with E-state index in [1.165, 1.54) is 16.4 Å². The number of rotatable bonds is 6. The lowest BCUT2D eigenvalue weighted by atomic mass is 10.1. The van der Waals surface area contributed by atoms with Crippen molar-refractivity contribution in [2.45, 2.75) is 75.4 Å². The van der Waals surface area contributed by atoms with Crippen molar-refractivity contribution in [3.05, 3.63) is 30.3 Å². The van der Waals surface area contributed by atoms with Gasteiger partial charge in [0.25, 0.3) is 5.16 Å². The zero-order valence-corrected chi connectivity index (χ0v) is 19.9. The molecule has 2 heterocycles. The Morgan fingerprint density at radius 1 is 1.19 bits per heavy atom. The third-order valence-corrected chi connectivity index (χ3v) is 6.99. The largest absolute Gasteiger partial charge is 0.347 e. The van der Waals surface area contributed by atoms with E-state index in [0.29, 0.717) is 5.69 Å². The van der Waals surface area contributed by atoms with Crippen LogP contribution in [0.5, 0.6) is 0 Å². The molecule has 2 atom stereocenters. The van der Waals surface area contributed by atoms with Crippen LogP contribution in [0.2, 0.25) is 0 Å². The summed E-state index contributed by atoms with van der Waals surface area (Å²) in [6.45, 7) is 9.34. The number of para-hydroxylation sites is 1. The van der Waals surface area contributed by atoms with Gasteiger partial charge in [-0.1, -0.05) is 55.8 Å². The summed E-state index contributed by atoms with van der Waals surface area (Å²) in [6.07, 6.45) is -0.623. The fraction of sp³-hybridized carbons (Fsp3) is 0.600. The molecule has 2 aromatic rings. The third-order valence-electron chi connectivity index (χ3n) is 4.37. The molecule has 1 aliphatic heterocycles. The van der Waals surface area contributed by atoms with Gasteiger partial charge in [-0.15, -0.1) is 0 Å². The monoisotopic (exact) mass is 468 g/mol. The molecule has 1 saturated heterocycles. The summed E-state index contributed by atoms with van der Waals surface area (Å²) in [5.74, 6) is -1.33. The molecule has 1 unspecified atom stereocenters. The van der Waals surface area contributed by atoms with Gasteiger partial charge in [0.2, 0.25) is 9.84 Å². The standard InChI is InChI=1S/C20H28N4O5S2/c1-19(2,3)30-17(25)12-15-11-16(29-20(4,5)28-15)13-31(26,27)18-21-22-23-24(18)14-9-7-6-8-10-14/h6-10,15-16H,11-13H2,1-5H3/t15?,16-/m0/s1. The molecule has 0 N–H and O–H groups in total. The highest BCUT2D eigenvalue weighted by Gasteiger charge is 2.40. The second-order valence-electron chi connectivity index (χ2n) is 8.90. The first-order chi connectivity index (χ1) is 14.3. The van der Waals surface area contributed by atoms with Crippen LogP contribution in [0.3, 0.4) is 0 Å². The van der Waals surface area contributed by atoms with Crippen molar-refractivity contribution in [1.82, 2.24) is 20.2 Å². The highest BCUT2D eigenvalue weighted by molar-refractivity contribution is 8.14. The van der Waals surface area contributed by atoms with Crippen LogP contribution in [-0.2, 0) is 24.1 Å². The zero-order valence-electron chi connectivity index (χ0n) is 18.3. The number of carbonyl (C=O) groups excluding carboxylic acids is 1. The zero-order chi connectivity index (χ0) is 22.9. The highest BCUT2D eigenvalue weighted by atomic mass is 32.2. The van der Waals surface area contributed by atoms with E-state index in [9.17, 15) is 13.2 Å². The summed E-state index contributed by atoms with van der Waals surface area (Å²) in [6, 6.07) is 8.80. The molecule has 0 aliphatic carbocycles. The summed E-state index contributed by atoms with van der Waals surface area (Å²) < 4.78 is 39.0. The molecule has 0 spiro atoms. The van der Waals surface area contributed by atoms with Crippen LogP contribution >= 0.6 is 11.8 Å². The topological polar surface area (TPSA) is 113 Å². The average molecular weight is 469 g/mol. The van der Waals surface area contributed by atoms with Crippen LogP contribution in [0, 0.1) is 0 Å². The number of benzene rings is 1. The number of nitrogens with zero attached hydrogens (tertiary/aromatic N) is 4. The Morgan fingerprint density at radius 3 is 2.48 bits per heavy atom. The van der Waals surface area contributed by atoms with E-state index in [1.807, 2.05) is 26.8 Å². The van der Waals surface area contributed by atoms with E-state index in [1.54, 1.807) is 38.1 Å². The summed E-state index contributed by atoms with van der Waals surface area (Å²) in [4.78, 5) is 12.4. The number of tetrazole rings is 1. The second-order valence-corrected chi connectivity index (χ2v) is 12.7. The van der Waals surface area contributed by atoms with E-state index in [2.05, 4.69) is 15.5 Å². The maximum absolute atomic E-state index is 13.1. The first kappa shape index (κ1) is 23.8. The lowest BCUT2D eigenvalue weighted by Gasteiger charge is -2.40. The van der Waals surface area contributed by atoms with Crippen molar-refractivity contribution < 1.29 is 22.7 Å². The first-order valence-corrected chi connectivity index (χ1v) is 12.5. The minimum Gasteiger partial charge on any atom is -0.347 e. The molecule has 0 radical (unpaired) electrons. The number of hydrogen-bond acceptors (Lipinski definition) is 9. The van der Waals surface area contributed by atoms with Crippen LogP contribution in [0.4, 0.5) is 0 Å². The van der Waals surface area contributed by atoms with E-state index in [4.69, 9.17) is 9.47 Å². The van der Waals surface area contributed by atoms with Gasteiger partial charge in [0.1, 0.15) is 0 Å². The first-order valence-electron chi connectivity index (χ1n) is 9.99. The Kier molecular flexibility index (Phi) is 6.90. The number of sulfone groups is 1. The van der Waals surface area contributed by atoms with E-state index in [0.717, 1.165) is 0 Å². The van der Waals surface area contributed by atoms with Gasteiger partial charge >= 0.3 is 0 Å². The van der Waals surface area contributed by atoms with Crippen molar-refractivity contribution in [3.8, 4) is 5.69 Å². The fourth-order valence-electron chi connectivity index (χ4n) is 3.44. The van der Waals surface area contributed by atoms with Gasteiger partial charge in [0.05, 0.1) is 23.6 Å². The predicted octanol–water partition coefficient (Wildman–Crippen LogP) is 2.79. The van der Waals surface area contributed by atoms with Gasteiger partial charge in [0, 0.05) is 17.6 Å². The van der Waals surface area contributed by atoms with Gasteiger partial charge < -0.3 is 9.47 Å². The summed E-state index contributed by atoms with van der Waals surface area (Å²) in [7, 11) is -3.87. The molecule has 11 heteroatoms. The number of thioether (sulfide) groups is 1. The maximum Gasteiger partial charge on any atom is 0.272 e. The molecule has 31 heavy (non-hydrogen) atoms. The molecule has 0 bridgehead atoms. The predicted molar refractivity (Wildman–Crippen MR) is 117 cm³/mol. The van der Waals surface area contributed by atoms with Gasteiger partial charge in [-0.25, -0.2) is 8.42 Å². The molecule has 1 aromatic heterocycles. The molecule has 1 fully saturated rings. The summed E-state index contributed by atoms with van der Waals surface area (Å²) >= 11 is 1.25. The quantitative estimate of drug-likeness (QED) is 0.631. The van der Waals surface area contributed by atoms with Crippen LogP contribution in [0.15, 0.2) is 35.5 Å². The van der Waals surface area contributed by atoms with Gasteiger partial charge in [-0.2, -0.15) is 4.68 Å². The van der Waals surface area contributed by atoms with Gasteiger partial charge in [-0.3, -0.25) is 4.79 Å². The summed E-state index contributed by atoms with van der Waals surface area (Å²) in [5, 5.41) is 10.9. The fourth-order valence-corrected chi connectivity index (χ4v) is 5.80. The van der Waals surface area contributed by atoms with E-state index < -0.39 is 27.8 Å². The average Bonchev–Trinajstić information content (AvgIpc) is 3.09. The van der Waals surface area contributed by atoms with E-state index in [-0.39, 0.29) is 33.6 Å². The molecular weight excluding hydrogens is 440 g/mol. The van der Waals surface area contributed by atoms with Crippen LogP contribution < -0.4 is 0 Å². The third kappa shape index (κ3) is 6.58. The molecular formula is C20H28N4O5S2. The highest BCUT2D eigenvalue weighted by Crippen LogP contribution is 2.33. The lowest BCUT2D eigenvalue weighted by Crippen LogP contribution is -2.47. The molecule has 170 valence electrons. The molecule has 9 nitrogen and oxygen atoms in total.